The van der Waals surface area contributed by atoms with E-state index in [0.717, 1.165) is 18.1 Å². The third kappa shape index (κ3) is 1.89. The van der Waals surface area contributed by atoms with E-state index in [1.54, 1.807) is 0 Å². The van der Waals surface area contributed by atoms with Crippen LogP contribution in [0.4, 0.5) is 0 Å². The van der Waals surface area contributed by atoms with E-state index in [1.165, 1.54) is 38.8 Å². The van der Waals surface area contributed by atoms with Gasteiger partial charge in [0.2, 0.25) is 0 Å². The maximum absolute atomic E-state index is 3.64. The van der Waals surface area contributed by atoms with Crippen LogP contribution < -0.4 is 5.32 Å². The van der Waals surface area contributed by atoms with E-state index < -0.39 is 0 Å². The molecule has 2 rings (SSSR count). The molecule has 0 aromatic carbocycles. The zero-order chi connectivity index (χ0) is 9.26. The Morgan fingerprint density at radius 2 is 2.08 bits per heavy atom. The summed E-state index contributed by atoms with van der Waals surface area (Å²) in [6.07, 6.45) is 5.57. The van der Waals surface area contributed by atoms with Gasteiger partial charge >= 0.3 is 0 Å². The van der Waals surface area contributed by atoms with Crippen molar-refractivity contribution in [3.63, 3.8) is 0 Å². The highest BCUT2D eigenvalue weighted by atomic mass is 15.2. The van der Waals surface area contributed by atoms with Crippen molar-refractivity contribution in [1.29, 1.82) is 0 Å². The first-order valence-electron chi connectivity index (χ1n) is 5.78. The summed E-state index contributed by atoms with van der Waals surface area (Å²) in [7, 11) is 0. The molecular formula is C11H22N2. The van der Waals surface area contributed by atoms with Crippen LogP contribution in [0.3, 0.4) is 0 Å². The summed E-state index contributed by atoms with van der Waals surface area (Å²) in [5.41, 5.74) is 0. The predicted octanol–water partition coefficient (Wildman–Crippen LogP) is 1.61. The van der Waals surface area contributed by atoms with Gasteiger partial charge in [-0.05, 0) is 46.2 Å². The summed E-state index contributed by atoms with van der Waals surface area (Å²) in [6.45, 7) is 7.22. The molecule has 0 spiro atoms. The Labute approximate surface area is 81.7 Å². The smallest absolute Gasteiger partial charge is 0.0264 e. The van der Waals surface area contributed by atoms with Gasteiger partial charge in [-0.25, -0.2) is 0 Å². The highest BCUT2D eigenvalue weighted by Crippen LogP contribution is 2.25. The first-order valence-corrected chi connectivity index (χ1v) is 5.78. The van der Waals surface area contributed by atoms with Crippen molar-refractivity contribution in [3.8, 4) is 0 Å². The molecule has 2 heterocycles. The minimum absolute atomic E-state index is 0.727. The van der Waals surface area contributed by atoms with Crippen LogP contribution >= 0.6 is 0 Å². The highest BCUT2D eigenvalue weighted by molar-refractivity contribution is 4.93. The minimum atomic E-state index is 0.727. The van der Waals surface area contributed by atoms with Crippen molar-refractivity contribution in [2.45, 2.75) is 57.7 Å². The van der Waals surface area contributed by atoms with Gasteiger partial charge in [0, 0.05) is 18.1 Å². The Kier molecular flexibility index (Phi) is 2.89. The van der Waals surface area contributed by atoms with Gasteiger partial charge in [0.25, 0.3) is 0 Å². The van der Waals surface area contributed by atoms with E-state index in [-0.39, 0.29) is 0 Å². The lowest BCUT2D eigenvalue weighted by atomic mass is 10.0. The number of likely N-dealkylation sites (tertiary alicyclic amines) is 1. The SMILES string of the molecule is CC(C)N1CCCCC2NCCC21. The molecule has 0 aromatic heterocycles. The highest BCUT2D eigenvalue weighted by Gasteiger charge is 2.33. The molecule has 2 aliphatic heterocycles. The standard InChI is InChI=1S/C11H22N2/c1-9(2)13-8-4-3-5-10-11(13)6-7-12-10/h9-12H,3-8H2,1-2H3. The predicted molar refractivity (Wildman–Crippen MR) is 55.9 cm³/mol. The van der Waals surface area contributed by atoms with Crippen molar-refractivity contribution in [1.82, 2.24) is 10.2 Å². The van der Waals surface area contributed by atoms with Crippen molar-refractivity contribution in [3.05, 3.63) is 0 Å². The Balaban J connectivity index is 2.06. The molecule has 0 radical (unpaired) electrons. The first kappa shape index (κ1) is 9.47. The molecule has 13 heavy (non-hydrogen) atoms. The fourth-order valence-corrected chi connectivity index (χ4v) is 2.91. The second-order valence-electron chi connectivity index (χ2n) is 4.74. The van der Waals surface area contributed by atoms with Crippen LogP contribution in [0.2, 0.25) is 0 Å². The summed E-state index contributed by atoms with van der Waals surface area (Å²) < 4.78 is 0. The largest absolute Gasteiger partial charge is 0.312 e. The summed E-state index contributed by atoms with van der Waals surface area (Å²) in [5, 5.41) is 3.64. The van der Waals surface area contributed by atoms with Crippen molar-refractivity contribution >= 4 is 0 Å². The van der Waals surface area contributed by atoms with Gasteiger partial charge in [-0.3, -0.25) is 4.90 Å². The number of rotatable bonds is 1. The molecule has 0 bridgehead atoms. The third-order valence-corrected chi connectivity index (χ3v) is 3.58. The van der Waals surface area contributed by atoms with Gasteiger partial charge in [-0.1, -0.05) is 6.42 Å². The molecule has 1 N–H and O–H groups in total. The van der Waals surface area contributed by atoms with Crippen LogP contribution in [0.25, 0.3) is 0 Å². The Hall–Kier alpha value is -0.0800. The van der Waals surface area contributed by atoms with E-state index >= 15 is 0 Å². The van der Waals surface area contributed by atoms with E-state index in [1.807, 2.05) is 0 Å². The first-order chi connectivity index (χ1) is 6.29. The molecule has 2 fully saturated rings. The van der Waals surface area contributed by atoms with Crippen LogP contribution in [-0.2, 0) is 0 Å². The monoisotopic (exact) mass is 182 g/mol. The quantitative estimate of drug-likeness (QED) is 0.663. The summed E-state index contributed by atoms with van der Waals surface area (Å²) in [5.74, 6) is 0. The number of nitrogens with one attached hydrogen (secondary N) is 1. The molecule has 2 unspecified atom stereocenters. The molecule has 0 saturated carbocycles. The molecule has 0 aromatic rings. The van der Waals surface area contributed by atoms with E-state index in [4.69, 9.17) is 0 Å². The Bertz CT molecular complexity index is 167. The maximum atomic E-state index is 3.64. The maximum Gasteiger partial charge on any atom is 0.0264 e. The zero-order valence-corrected chi connectivity index (χ0v) is 8.92. The van der Waals surface area contributed by atoms with Crippen molar-refractivity contribution in [2.75, 3.05) is 13.1 Å². The second-order valence-corrected chi connectivity index (χ2v) is 4.74. The van der Waals surface area contributed by atoms with Gasteiger partial charge in [0.05, 0.1) is 0 Å². The average Bonchev–Trinajstić information content (AvgIpc) is 2.44. The lowest BCUT2D eigenvalue weighted by Gasteiger charge is -2.33. The number of hydrogen-bond donors (Lipinski definition) is 1. The Morgan fingerprint density at radius 3 is 2.85 bits per heavy atom. The molecule has 2 heteroatoms. The summed E-state index contributed by atoms with van der Waals surface area (Å²) in [4.78, 5) is 2.71. The van der Waals surface area contributed by atoms with E-state index in [9.17, 15) is 0 Å². The molecule has 0 aliphatic carbocycles. The minimum Gasteiger partial charge on any atom is -0.312 e. The average molecular weight is 182 g/mol. The molecule has 2 nitrogen and oxygen atoms in total. The number of hydrogen-bond acceptors (Lipinski definition) is 2. The van der Waals surface area contributed by atoms with Gasteiger partial charge < -0.3 is 5.32 Å². The molecular weight excluding hydrogens is 160 g/mol. The number of fused-ring (bicyclic) bond motifs is 1. The molecule has 2 saturated heterocycles. The molecule has 0 amide bonds. The normalized spacial score (nSPS) is 36.2. The van der Waals surface area contributed by atoms with Gasteiger partial charge in [-0.15, -0.1) is 0 Å². The topological polar surface area (TPSA) is 15.3 Å². The molecule has 76 valence electrons. The van der Waals surface area contributed by atoms with Gasteiger partial charge in [-0.2, -0.15) is 0 Å². The fourth-order valence-electron chi connectivity index (χ4n) is 2.91. The Morgan fingerprint density at radius 1 is 1.23 bits per heavy atom. The molecule has 2 aliphatic rings. The van der Waals surface area contributed by atoms with Crippen LogP contribution in [-0.4, -0.2) is 36.1 Å². The zero-order valence-electron chi connectivity index (χ0n) is 8.92. The van der Waals surface area contributed by atoms with Crippen LogP contribution in [0, 0.1) is 0 Å². The second kappa shape index (κ2) is 3.97. The van der Waals surface area contributed by atoms with Crippen molar-refractivity contribution in [2.24, 2.45) is 0 Å². The third-order valence-electron chi connectivity index (χ3n) is 3.58. The van der Waals surface area contributed by atoms with Crippen LogP contribution in [0.5, 0.6) is 0 Å². The van der Waals surface area contributed by atoms with Gasteiger partial charge in [0.1, 0.15) is 0 Å². The molecule has 2 atom stereocenters. The van der Waals surface area contributed by atoms with Crippen molar-refractivity contribution < 1.29 is 0 Å². The van der Waals surface area contributed by atoms with Crippen LogP contribution in [0.15, 0.2) is 0 Å². The summed E-state index contributed by atoms with van der Waals surface area (Å²) in [6, 6.07) is 2.36. The van der Waals surface area contributed by atoms with Crippen LogP contribution in [0.1, 0.15) is 39.5 Å². The lowest BCUT2D eigenvalue weighted by Crippen LogP contribution is -2.45. The number of nitrogens with zero attached hydrogens (tertiary/aromatic N) is 1. The van der Waals surface area contributed by atoms with Gasteiger partial charge in [0.15, 0.2) is 0 Å². The fraction of sp³-hybridized carbons (Fsp3) is 1.00. The van der Waals surface area contributed by atoms with E-state index in [2.05, 4.69) is 24.1 Å². The summed E-state index contributed by atoms with van der Waals surface area (Å²) >= 11 is 0. The lowest BCUT2D eigenvalue weighted by molar-refractivity contribution is 0.153. The van der Waals surface area contributed by atoms with E-state index in [0.29, 0.717) is 0 Å².